The van der Waals surface area contributed by atoms with E-state index in [1.807, 2.05) is 0 Å². The molecule has 0 spiro atoms. The fraction of sp³-hybridized carbons (Fsp3) is 0.600. The van der Waals surface area contributed by atoms with Crippen molar-refractivity contribution in [2.75, 3.05) is 12.3 Å². The van der Waals surface area contributed by atoms with Gasteiger partial charge in [0.2, 0.25) is 5.91 Å². The summed E-state index contributed by atoms with van der Waals surface area (Å²) in [7, 11) is -4.03. The topological polar surface area (TPSA) is 107 Å². The molecule has 0 aliphatic rings. The van der Waals surface area contributed by atoms with Crippen molar-refractivity contribution in [1.82, 2.24) is 5.32 Å². The second-order valence-corrected chi connectivity index (χ2v) is 3.54. The molecule has 0 aliphatic heterocycles. The van der Waals surface area contributed by atoms with E-state index in [0.29, 0.717) is 0 Å². The van der Waals surface area contributed by atoms with Crippen LogP contribution >= 0.6 is 0 Å². The Labute approximate surface area is 69.9 Å². The first-order valence-corrected chi connectivity index (χ1v) is 4.65. The van der Waals surface area contributed by atoms with Gasteiger partial charge in [0.25, 0.3) is 10.1 Å². The van der Waals surface area contributed by atoms with Crippen molar-refractivity contribution in [2.24, 2.45) is 0 Å². The number of nitrogens with one attached hydrogen (secondary N) is 1. The summed E-state index contributed by atoms with van der Waals surface area (Å²) in [6.07, 6.45) is -0.314. The normalized spacial score (nSPS) is 10.3. The molecular weight excluding hydrogens is 184 g/mol. The van der Waals surface area contributed by atoms with E-state index in [-0.39, 0.29) is 13.0 Å². The third-order valence-corrected chi connectivity index (χ3v) is 1.64. The Morgan fingerprint density at radius 3 is 2.58 bits per heavy atom. The number of hydrogen-bond acceptors (Lipinski definition) is 4. The molecule has 0 aliphatic carbocycles. The molecular formula is C5H8N2O4S. The Morgan fingerprint density at radius 2 is 2.17 bits per heavy atom. The lowest BCUT2D eigenvalue weighted by molar-refractivity contribution is -0.119. The Balaban J connectivity index is 3.59. The lowest BCUT2D eigenvalue weighted by Crippen LogP contribution is -2.28. The number of nitrogens with zero attached hydrogens (tertiary/aromatic N) is 1. The fourth-order valence-electron chi connectivity index (χ4n) is 0.454. The van der Waals surface area contributed by atoms with Gasteiger partial charge in [-0.25, -0.2) is 0 Å². The van der Waals surface area contributed by atoms with E-state index in [9.17, 15) is 13.2 Å². The Kier molecular flexibility index (Phi) is 4.25. The molecule has 0 aromatic heterocycles. The SMILES string of the molecule is N#CCC(=O)NCCS(=O)(=O)O. The summed E-state index contributed by atoms with van der Waals surface area (Å²) in [6.45, 7) is -0.181. The monoisotopic (exact) mass is 192 g/mol. The lowest BCUT2D eigenvalue weighted by atomic mass is 10.4. The van der Waals surface area contributed by atoms with Gasteiger partial charge in [-0.15, -0.1) is 0 Å². The average Bonchev–Trinajstić information content (AvgIpc) is 1.84. The van der Waals surface area contributed by atoms with E-state index in [0.717, 1.165) is 0 Å². The summed E-state index contributed by atoms with van der Waals surface area (Å²) in [5, 5.41) is 10.2. The van der Waals surface area contributed by atoms with Gasteiger partial charge in [-0.2, -0.15) is 13.7 Å². The zero-order valence-corrected chi connectivity index (χ0v) is 6.97. The number of rotatable bonds is 4. The lowest BCUT2D eigenvalue weighted by Gasteiger charge is -1.98. The highest BCUT2D eigenvalue weighted by molar-refractivity contribution is 7.85. The van der Waals surface area contributed by atoms with Crippen LogP contribution in [0.1, 0.15) is 6.42 Å². The van der Waals surface area contributed by atoms with Crippen LogP contribution in [0.3, 0.4) is 0 Å². The molecule has 12 heavy (non-hydrogen) atoms. The summed E-state index contributed by atoms with van der Waals surface area (Å²) in [5.74, 6) is -1.09. The third-order valence-electron chi connectivity index (χ3n) is 0.922. The van der Waals surface area contributed by atoms with Crippen LogP contribution < -0.4 is 5.32 Å². The van der Waals surface area contributed by atoms with Crippen LogP contribution in [0.5, 0.6) is 0 Å². The predicted molar refractivity (Wildman–Crippen MR) is 39.7 cm³/mol. The molecule has 0 aromatic rings. The molecule has 7 heteroatoms. The largest absolute Gasteiger partial charge is 0.354 e. The molecule has 0 atom stereocenters. The molecule has 0 unspecified atom stereocenters. The Morgan fingerprint density at radius 1 is 1.58 bits per heavy atom. The van der Waals surface area contributed by atoms with Gasteiger partial charge >= 0.3 is 0 Å². The number of amides is 1. The first-order valence-electron chi connectivity index (χ1n) is 3.04. The maximum Gasteiger partial charge on any atom is 0.266 e. The zero-order chi connectivity index (χ0) is 9.61. The minimum Gasteiger partial charge on any atom is -0.354 e. The second-order valence-electron chi connectivity index (χ2n) is 1.97. The Bertz CT molecular complexity index is 289. The van der Waals surface area contributed by atoms with Gasteiger partial charge in [-0.1, -0.05) is 0 Å². The summed E-state index contributed by atoms with van der Waals surface area (Å²) in [4.78, 5) is 10.5. The van der Waals surface area contributed by atoms with Crippen molar-refractivity contribution in [3.8, 4) is 6.07 Å². The van der Waals surface area contributed by atoms with Crippen LogP contribution in [0.15, 0.2) is 0 Å². The van der Waals surface area contributed by atoms with Crippen LogP contribution in [0.25, 0.3) is 0 Å². The Hall–Kier alpha value is -1.13. The molecule has 1 amide bonds. The molecule has 0 saturated carbocycles. The fourth-order valence-corrected chi connectivity index (χ4v) is 0.814. The predicted octanol–water partition coefficient (Wildman–Crippen LogP) is -1.10. The van der Waals surface area contributed by atoms with Crippen LogP contribution in [0.4, 0.5) is 0 Å². The summed E-state index contributed by atoms with van der Waals surface area (Å²) < 4.78 is 28.4. The van der Waals surface area contributed by atoms with E-state index in [4.69, 9.17) is 9.81 Å². The average molecular weight is 192 g/mol. The summed E-state index contributed by atoms with van der Waals surface area (Å²) in [5.41, 5.74) is 0. The highest BCUT2D eigenvalue weighted by Gasteiger charge is 2.05. The molecule has 6 nitrogen and oxygen atoms in total. The van der Waals surface area contributed by atoms with Gasteiger partial charge in [-0.3, -0.25) is 9.35 Å². The minimum atomic E-state index is -4.03. The molecule has 0 aromatic carbocycles. The number of carbonyl (C=O) groups excluding carboxylic acids is 1. The number of nitriles is 1. The first-order chi connectivity index (χ1) is 5.45. The van der Waals surface area contributed by atoms with Gasteiger partial charge in [0.05, 0.1) is 11.8 Å². The third kappa shape index (κ3) is 6.98. The van der Waals surface area contributed by atoms with E-state index < -0.39 is 21.8 Å². The van der Waals surface area contributed by atoms with Crippen LogP contribution in [-0.4, -0.2) is 31.2 Å². The maximum absolute atomic E-state index is 10.5. The quantitative estimate of drug-likeness (QED) is 0.550. The van der Waals surface area contributed by atoms with Crippen LogP contribution in [0.2, 0.25) is 0 Å². The van der Waals surface area contributed by atoms with Gasteiger partial charge in [0.1, 0.15) is 6.42 Å². The second kappa shape index (κ2) is 4.69. The van der Waals surface area contributed by atoms with Crippen LogP contribution in [0, 0.1) is 11.3 Å². The van der Waals surface area contributed by atoms with E-state index in [2.05, 4.69) is 5.32 Å². The van der Waals surface area contributed by atoms with Crippen molar-refractivity contribution in [3.05, 3.63) is 0 Å². The molecule has 0 rings (SSSR count). The van der Waals surface area contributed by atoms with Crippen molar-refractivity contribution in [2.45, 2.75) is 6.42 Å². The van der Waals surface area contributed by atoms with E-state index in [1.54, 1.807) is 6.07 Å². The minimum absolute atomic E-state index is 0.181. The molecule has 68 valence electrons. The van der Waals surface area contributed by atoms with Crippen molar-refractivity contribution in [3.63, 3.8) is 0 Å². The molecule has 0 saturated heterocycles. The van der Waals surface area contributed by atoms with Gasteiger partial charge in [0, 0.05) is 6.54 Å². The van der Waals surface area contributed by atoms with Crippen molar-refractivity contribution >= 4 is 16.0 Å². The summed E-state index contributed by atoms with van der Waals surface area (Å²) >= 11 is 0. The van der Waals surface area contributed by atoms with Crippen LogP contribution in [-0.2, 0) is 14.9 Å². The van der Waals surface area contributed by atoms with Crippen molar-refractivity contribution < 1.29 is 17.8 Å². The van der Waals surface area contributed by atoms with E-state index >= 15 is 0 Å². The van der Waals surface area contributed by atoms with Crippen molar-refractivity contribution in [1.29, 1.82) is 5.26 Å². The molecule has 0 fully saturated rings. The van der Waals surface area contributed by atoms with Gasteiger partial charge < -0.3 is 5.32 Å². The van der Waals surface area contributed by atoms with E-state index in [1.165, 1.54) is 0 Å². The highest BCUT2D eigenvalue weighted by atomic mass is 32.2. The summed E-state index contributed by atoms with van der Waals surface area (Å²) in [6, 6.07) is 1.59. The molecule has 2 N–H and O–H groups in total. The zero-order valence-electron chi connectivity index (χ0n) is 6.15. The smallest absolute Gasteiger partial charge is 0.266 e. The van der Waals surface area contributed by atoms with Gasteiger partial charge in [0.15, 0.2) is 0 Å². The number of hydrogen-bond donors (Lipinski definition) is 2. The molecule has 0 heterocycles. The number of carbonyl (C=O) groups is 1. The maximum atomic E-state index is 10.5. The standard InChI is InChI=1S/C5H8N2O4S/c6-2-1-5(8)7-3-4-12(9,10)11/h1,3-4H2,(H,7,8)(H,9,10,11). The van der Waals surface area contributed by atoms with Gasteiger partial charge in [-0.05, 0) is 0 Å². The molecule has 0 radical (unpaired) electrons. The highest BCUT2D eigenvalue weighted by Crippen LogP contribution is 1.80. The first kappa shape index (κ1) is 10.9. The molecule has 0 bridgehead atoms.